The molecule has 2 rings (SSSR count). The summed E-state index contributed by atoms with van der Waals surface area (Å²) in [6.45, 7) is 3.01. The van der Waals surface area contributed by atoms with E-state index < -0.39 is 0 Å². The Labute approximate surface area is 96.0 Å². The molecule has 1 fully saturated rings. The smallest absolute Gasteiger partial charge is 0.0407 e. The fourth-order valence-electron chi connectivity index (χ4n) is 2.14. The number of benzene rings is 1. The molecule has 0 saturated carbocycles. The lowest BCUT2D eigenvalue weighted by Crippen LogP contribution is -2.38. The van der Waals surface area contributed by atoms with Crippen LogP contribution < -0.4 is 10.6 Å². The van der Waals surface area contributed by atoms with Crippen LogP contribution in [0.1, 0.15) is 12.8 Å². The highest BCUT2D eigenvalue weighted by molar-refractivity contribution is 6.30. The highest BCUT2D eigenvalue weighted by Gasteiger charge is 2.18. The number of anilines is 1. The fourth-order valence-corrected chi connectivity index (χ4v) is 2.27. The molecule has 1 saturated heterocycles. The predicted molar refractivity (Wildman–Crippen MR) is 65.4 cm³/mol. The van der Waals surface area contributed by atoms with E-state index in [1.165, 1.54) is 18.5 Å². The summed E-state index contributed by atoms with van der Waals surface area (Å²) in [5.74, 6) is 0.648. The third kappa shape index (κ3) is 2.64. The van der Waals surface area contributed by atoms with Crippen molar-refractivity contribution in [1.29, 1.82) is 0 Å². The van der Waals surface area contributed by atoms with E-state index in [4.69, 9.17) is 17.3 Å². The van der Waals surface area contributed by atoms with Gasteiger partial charge >= 0.3 is 0 Å². The van der Waals surface area contributed by atoms with Gasteiger partial charge in [-0.25, -0.2) is 0 Å². The topological polar surface area (TPSA) is 29.3 Å². The molecular weight excluding hydrogens is 208 g/mol. The highest BCUT2D eigenvalue weighted by atomic mass is 35.5. The van der Waals surface area contributed by atoms with E-state index in [2.05, 4.69) is 17.0 Å². The second-order valence-electron chi connectivity index (χ2n) is 4.17. The molecule has 3 heteroatoms. The molecule has 0 aromatic heterocycles. The number of nitrogens with two attached hydrogens (primary N) is 1. The Morgan fingerprint density at radius 2 is 2.07 bits per heavy atom. The second-order valence-corrected chi connectivity index (χ2v) is 4.60. The number of nitrogens with zero attached hydrogens (tertiary/aromatic N) is 1. The van der Waals surface area contributed by atoms with Gasteiger partial charge < -0.3 is 10.6 Å². The maximum Gasteiger partial charge on any atom is 0.0407 e. The number of piperidine rings is 1. The number of rotatable bonds is 2. The van der Waals surface area contributed by atoms with Crippen LogP contribution in [0.25, 0.3) is 0 Å². The Bertz CT molecular complexity index is 310. The second kappa shape index (κ2) is 4.86. The fraction of sp³-hybridized carbons (Fsp3) is 0.500. The van der Waals surface area contributed by atoms with Crippen molar-refractivity contribution in [1.82, 2.24) is 0 Å². The minimum absolute atomic E-state index is 0.648. The van der Waals surface area contributed by atoms with Crippen molar-refractivity contribution in [2.45, 2.75) is 12.8 Å². The molecule has 1 unspecified atom stereocenters. The van der Waals surface area contributed by atoms with Gasteiger partial charge in [0.05, 0.1) is 0 Å². The SMILES string of the molecule is NCC1CCCN(c2ccc(Cl)cc2)C1. The summed E-state index contributed by atoms with van der Waals surface area (Å²) in [7, 11) is 0. The standard InChI is InChI=1S/C12H17ClN2/c13-11-3-5-12(6-4-11)15-7-1-2-10(8-14)9-15/h3-6,10H,1-2,7-9,14H2. The van der Waals surface area contributed by atoms with Gasteiger partial charge in [-0.15, -0.1) is 0 Å². The van der Waals surface area contributed by atoms with Crippen molar-refractivity contribution in [3.8, 4) is 0 Å². The lowest BCUT2D eigenvalue weighted by atomic mass is 9.98. The van der Waals surface area contributed by atoms with Crippen LogP contribution in [0.3, 0.4) is 0 Å². The predicted octanol–water partition coefficient (Wildman–Crippen LogP) is 2.52. The molecule has 82 valence electrons. The van der Waals surface area contributed by atoms with Crippen molar-refractivity contribution in [2.24, 2.45) is 11.7 Å². The minimum Gasteiger partial charge on any atom is -0.371 e. The van der Waals surface area contributed by atoms with Crippen LogP contribution in [0, 0.1) is 5.92 Å². The zero-order valence-corrected chi connectivity index (χ0v) is 9.58. The quantitative estimate of drug-likeness (QED) is 0.837. The maximum absolute atomic E-state index is 5.87. The first-order chi connectivity index (χ1) is 7.29. The zero-order valence-electron chi connectivity index (χ0n) is 8.82. The molecule has 1 heterocycles. The Kier molecular flexibility index (Phi) is 3.49. The minimum atomic E-state index is 0.648. The van der Waals surface area contributed by atoms with E-state index in [1.807, 2.05) is 12.1 Å². The van der Waals surface area contributed by atoms with Crippen LogP contribution in [-0.2, 0) is 0 Å². The van der Waals surface area contributed by atoms with Crippen LogP contribution in [0.15, 0.2) is 24.3 Å². The van der Waals surface area contributed by atoms with Gasteiger partial charge in [-0.2, -0.15) is 0 Å². The van der Waals surface area contributed by atoms with E-state index in [0.717, 1.165) is 24.7 Å². The summed E-state index contributed by atoms with van der Waals surface area (Å²) in [6, 6.07) is 8.06. The monoisotopic (exact) mass is 224 g/mol. The van der Waals surface area contributed by atoms with Gasteiger partial charge in [0.1, 0.15) is 0 Å². The van der Waals surface area contributed by atoms with Gasteiger partial charge in [-0.1, -0.05) is 11.6 Å². The molecular formula is C12H17ClN2. The van der Waals surface area contributed by atoms with Crippen molar-refractivity contribution in [3.05, 3.63) is 29.3 Å². The zero-order chi connectivity index (χ0) is 10.7. The molecule has 15 heavy (non-hydrogen) atoms. The summed E-state index contributed by atoms with van der Waals surface area (Å²) in [4.78, 5) is 2.40. The first-order valence-corrected chi connectivity index (χ1v) is 5.88. The van der Waals surface area contributed by atoms with E-state index in [0.29, 0.717) is 5.92 Å². The van der Waals surface area contributed by atoms with Crippen LogP contribution >= 0.6 is 11.6 Å². The molecule has 1 aliphatic rings. The third-order valence-electron chi connectivity index (χ3n) is 3.04. The molecule has 2 nitrogen and oxygen atoms in total. The maximum atomic E-state index is 5.87. The molecule has 0 aliphatic carbocycles. The van der Waals surface area contributed by atoms with Gasteiger partial charge in [0.25, 0.3) is 0 Å². The van der Waals surface area contributed by atoms with Crippen molar-refractivity contribution >= 4 is 17.3 Å². The normalized spacial score (nSPS) is 21.7. The number of hydrogen-bond donors (Lipinski definition) is 1. The molecule has 2 N–H and O–H groups in total. The number of hydrogen-bond acceptors (Lipinski definition) is 2. The summed E-state index contributed by atoms with van der Waals surface area (Å²) in [5.41, 5.74) is 6.98. The van der Waals surface area contributed by atoms with E-state index >= 15 is 0 Å². The van der Waals surface area contributed by atoms with Crippen molar-refractivity contribution < 1.29 is 0 Å². The van der Waals surface area contributed by atoms with Crippen LogP contribution in [0.2, 0.25) is 5.02 Å². The van der Waals surface area contributed by atoms with Crippen LogP contribution in [0.5, 0.6) is 0 Å². The summed E-state index contributed by atoms with van der Waals surface area (Å²) in [6.07, 6.45) is 2.51. The molecule has 0 amide bonds. The Morgan fingerprint density at radius 1 is 1.33 bits per heavy atom. The highest BCUT2D eigenvalue weighted by Crippen LogP contribution is 2.23. The van der Waals surface area contributed by atoms with E-state index in [-0.39, 0.29) is 0 Å². The van der Waals surface area contributed by atoms with Gasteiger partial charge in [0.15, 0.2) is 0 Å². The molecule has 1 aromatic carbocycles. The van der Waals surface area contributed by atoms with Crippen LogP contribution in [0.4, 0.5) is 5.69 Å². The Hall–Kier alpha value is -0.730. The summed E-state index contributed by atoms with van der Waals surface area (Å²) < 4.78 is 0. The molecule has 1 aliphatic heterocycles. The molecule has 1 aromatic rings. The molecule has 0 spiro atoms. The third-order valence-corrected chi connectivity index (χ3v) is 3.30. The van der Waals surface area contributed by atoms with E-state index in [1.54, 1.807) is 0 Å². The van der Waals surface area contributed by atoms with Gasteiger partial charge in [0.2, 0.25) is 0 Å². The van der Waals surface area contributed by atoms with Gasteiger partial charge in [-0.05, 0) is 49.6 Å². The van der Waals surface area contributed by atoms with Gasteiger partial charge in [0, 0.05) is 23.8 Å². The Morgan fingerprint density at radius 3 is 2.73 bits per heavy atom. The van der Waals surface area contributed by atoms with E-state index in [9.17, 15) is 0 Å². The first kappa shape index (κ1) is 10.8. The van der Waals surface area contributed by atoms with Crippen molar-refractivity contribution in [3.63, 3.8) is 0 Å². The molecule has 0 radical (unpaired) electrons. The Balaban J connectivity index is 2.06. The van der Waals surface area contributed by atoms with Gasteiger partial charge in [-0.3, -0.25) is 0 Å². The summed E-state index contributed by atoms with van der Waals surface area (Å²) in [5, 5.41) is 0.797. The molecule has 0 bridgehead atoms. The first-order valence-electron chi connectivity index (χ1n) is 5.50. The molecule has 1 atom stereocenters. The average Bonchev–Trinajstić information content (AvgIpc) is 2.30. The lowest BCUT2D eigenvalue weighted by Gasteiger charge is -2.33. The average molecular weight is 225 g/mol. The lowest BCUT2D eigenvalue weighted by molar-refractivity contribution is 0.423. The number of halogens is 1. The van der Waals surface area contributed by atoms with Crippen LogP contribution in [-0.4, -0.2) is 19.6 Å². The van der Waals surface area contributed by atoms with Crippen molar-refractivity contribution in [2.75, 3.05) is 24.5 Å². The summed E-state index contributed by atoms with van der Waals surface area (Å²) >= 11 is 5.87. The largest absolute Gasteiger partial charge is 0.371 e.